The van der Waals surface area contributed by atoms with Crippen LogP contribution in [-0.4, -0.2) is 35.7 Å². The first-order valence-corrected chi connectivity index (χ1v) is 12.5. The zero-order valence-electron chi connectivity index (χ0n) is 19.6. The van der Waals surface area contributed by atoms with E-state index in [1.807, 2.05) is 0 Å². The van der Waals surface area contributed by atoms with Crippen LogP contribution in [0.3, 0.4) is 0 Å². The molecule has 2 rings (SSSR count). The molecule has 1 atom stereocenters. The van der Waals surface area contributed by atoms with Gasteiger partial charge in [0.05, 0.1) is 6.10 Å². The second kappa shape index (κ2) is 16.9. The molecule has 0 aromatic heterocycles. The maximum absolute atomic E-state index is 10.6. The Labute approximate surface area is 190 Å². The Morgan fingerprint density at radius 1 is 0.774 bits per heavy atom. The average Bonchev–Trinajstić information content (AvgIpc) is 2.80. The van der Waals surface area contributed by atoms with Crippen molar-refractivity contribution in [3.63, 3.8) is 0 Å². The molecule has 0 spiro atoms. The number of rotatable bonds is 18. The van der Waals surface area contributed by atoms with Crippen molar-refractivity contribution in [2.75, 3.05) is 19.6 Å². The third kappa shape index (κ3) is 12.7. The Hall–Kier alpha value is -1.68. The molecule has 0 aliphatic rings. The maximum atomic E-state index is 10.6. The zero-order chi connectivity index (χ0) is 22.0. The summed E-state index contributed by atoms with van der Waals surface area (Å²) in [7, 11) is 0. The highest BCUT2D eigenvalue weighted by Crippen LogP contribution is 2.12. The number of hydrogen-bond donors (Lipinski definition) is 2. The Morgan fingerprint density at radius 2 is 1.35 bits per heavy atom. The first-order chi connectivity index (χ1) is 15.3. The molecule has 0 unspecified atom stereocenters. The summed E-state index contributed by atoms with van der Waals surface area (Å²) in [5, 5.41) is 14.2. The molecular formula is C28H44N2O. The number of aliphatic hydroxyl groups excluding tert-OH is 1. The number of benzene rings is 2. The summed E-state index contributed by atoms with van der Waals surface area (Å²) in [4.78, 5) is 2.39. The minimum atomic E-state index is -0.238. The summed E-state index contributed by atoms with van der Waals surface area (Å²) in [6, 6.07) is 21.1. The Kier molecular flexibility index (Phi) is 14.0. The van der Waals surface area contributed by atoms with Gasteiger partial charge in [-0.25, -0.2) is 0 Å². The van der Waals surface area contributed by atoms with Gasteiger partial charge in [0.15, 0.2) is 0 Å². The van der Waals surface area contributed by atoms with Gasteiger partial charge in [0.25, 0.3) is 0 Å². The van der Waals surface area contributed by atoms with Crippen LogP contribution in [0.5, 0.6) is 0 Å². The van der Waals surface area contributed by atoms with Crippen molar-refractivity contribution in [1.82, 2.24) is 10.2 Å². The minimum Gasteiger partial charge on any atom is -0.392 e. The third-order valence-corrected chi connectivity index (χ3v) is 5.89. The van der Waals surface area contributed by atoms with Gasteiger partial charge in [-0.15, -0.1) is 0 Å². The molecule has 2 aromatic rings. The smallest absolute Gasteiger partial charge is 0.0667 e. The monoisotopic (exact) mass is 424 g/mol. The highest BCUT2D eigenvalue weighted by molar-refractivity contribution is 5.15. The highest BCUT2D eigenvalue weighted by atomic mass is 16.3. The first kappa shape index (κ1) is 25.6. The number of nitrogens with one attached hydrogen (secondary N) is 1. The van der Waals surface area contributed by atoms with Gasteiger partial charge in [0, 0.05) is 32.7 Å². The molecule has 0 heterocycles. The van der Waals surface area contributed by atoms with Crippen LogP contribution in [0.25, 0.3) is 0 Å². The predicted octanol–water partition coefficient (Wildman–Crippen LogP) is 6.17. The van der Waals surface area contributed by atoms with Crippen molar-refractivity contribution in [2.45, 2.75) is 83.9 Å². The lowest BCUT2D eigenvalue weighted by molar-refractivity contribution is 0.0994. The molecule has 0 saturated carbocycles. The van der Waals surface area contributed by atoms with Crippen LogP contribution >= 0.6 is 0 Å². The van der Waals surface area contributed by atoms with E-state index in [4.69, 9.17) is 0 Å². The molecule has 31 heavy (non-hydrogen) atoms. The van der Waals surface area contributed by atoms with Crippen molar-refractivity contribution >= 4 is 0 Å². The lowest BCUT2D eigenvalue weighted by atomic mass is 10.1. The van der Waals surface area contributed by atoms with E-state index in [1.54, 1.807) is 0 Å². The van der Waals surface area contributed by atoms with Gasteiger partial charge in [-0.3, -0.25) is 4.90 Å². The second-order valence-corrected chi connectivity index (χ2v) is 8.80. The summed E-state index contributed by atoms with van der Waals surface area (Å²) in [5.41, 5.74) is 2.62. The van der Waals surface area contributed by atoms with E-state index >= 15 is 0 Å². The van der Waals surface area contributed by atoms with Crippen molar-refractivity contribution in [3.8, 4) is 0 Å². The molecule has 0 aliphatic heterocycles. The molecule has 0 aliphatic carbocycles. The molecule has 3 nitrogen and oxygen atoms in total. The van der Waals surface area contributed by atoms with Gasteiger partial charge in [0.2, 0.25) is 0 Å². The standard InChI is InChI=1S/C28H44N2O/c1-2-3-4-5-6-7-8-15-20-28(31)25-30(24-27-18-13-10-14-19-27)22-21-29-23-26-16-11-9-12-17-26/h9-14,16-19,28-29,31H,2-8,15,20-25H2,1H3/t28-/m1/s1. The summed E-state index contributed by atoms with van der Waals surface area (Å²) < 4.78 is 0. The van der Waals surface area contributed by atoms with E-state index in [1.165, 1.54) is 56.1 Å². The summed E-state index contributed by atoms with van der Waals surface area (Å²) in [6.07, 6.45) is 11.2. The topological polar surface area (TPSA) is 35.5 Å². The van der Waals surface area contributed by atoms with E-state index in [2.05, 4.69) is 77.8 Å². The lowest BCUT2D eigenvalue weighted by Gasteiger charge is -2.25. The molecule has 3 heteroatoms. The van der Waals surface area contributed by atoms with Crippen molar-refractivity contribution in [3.05, 3.63) is 71.8 Å². The molecule has 0 bridgehead atoms. The highest BCUT2D eigenvalue weighted by Gasteiger charge is 2.12. The molecule has 2 N–H and O–H groups in total. The van der Waals surface area contributed by atoms with Crippen LogP contribution in [-0.2, 0) is 13.1 Å². The SMILES string of the molecule is CCCCCCCCCC[C@@H](O)CN(CCNCc1ccccc1)Cc1ccccc1. The Morgan fingerprint density at radius 3 is 2.00 bits per heavy atom. The van der Waals surface area contributed by atoms with E-state index in [0.29, 0.717) is 0 Å². The summed E-state index contributed by atoms with van der Waals surface area (Å²) in [5.74, 6) is 0. The van der Waals surface area contributed by atoms with E-state index in [0.717, 1.165) is 45.6 Å². The second-order valence-electron chi connectivity index (χ2n) is 8.80. The number of nitrogens with zero attached hydrogens (tertiary/aromatic N) is 1. The van der Waals surface area contributed by atoms with E-state index in [-0.39, 0.29) is 6.10 Å². The van der Waals surface area contributed by atoms with Crippen LogP contribution in [0.4, 0.5) is 0 Å². The molecular weight excluding hydrogens is 380 g/mol. The fourth-order valence-electron chi connectivity index (χ4n) is 4.05. The van der Waals surface area contributed by atoms with E-state index < -0.39 is 0 Å². The third-order valence-electron chi connectivity index (χ3n) is 5.89. The van der Waals surface area contributed by atoms with Gasteiger partial charge < -0.3 is 10.4 Å². The number of unbranched alkanes of at least 4 members (excludes halogenated alkanes) is 7. The molecule has 0 radical (unpaired) electrons. The lowest BCUT2D eigenvalue weighted by Crippen LogP contribution is -2.37. The van der Waals surface area contributed by atoms with Crippen molar-refractivity contribution < 1.29 is 5.11 Å². The van der Waals surface area contributed by atoms with Crippen LogP contribution < -0.4 is 5.32 Å². The first-order valence-electron chi connectivity index (χ1n) is 12.5. The van der Waals surface area contributed by atoms with Gasteiger partial charge in [-0.05, 0) is 17.5 Å². The van der Waals surface area contributed by atoms with Crippen molar-refractivity contribution in [2.24, 2.45) is 0 Å². The fourth-order valence-corrected chi connectivity index (χ4v) is 4.05. The number of aliphatic hydroxyl groups is 1. The van der Waals surface area contributed by atoms with Gasteiger partial charge in [-0.2, -0.15) is 0 Å². The zero-order valence-corrected chi connectivity index (χ0v) is 19.6. The molecule has 0 fully saturated rings. The molecule has 2 aromatic carbocycles. The molecule has 172 valence electrons. The maximum Gasteiger partial charge on any atom is 0.0667 e. The average molecular weight is 425 g/mol. The van der Waals surface area contributed by atoms with Crippen LogP contribution in [0.1, 0.15) is 75.8 Å². The van der Waals surface area contributed by atoms with Crippen molar-refractivity contribution in [1.29, 1.82) is 0 Å². The fraction of sp³-hybridized carbons (Fsp3) is 0.571. The Bertz CT molecular complexity index is 647. The van der Waals surface area contributed by atoms with E-state index in [9.17, 15) is 5.11 Å². The molecule has 0 amide bonds. The summed E-state index contributed by atoms with van der Waals surface area (Å²) >= 11 is 0. The van der Waals surface area contributed by atoms with Gasteiger partial charge >= 0.3 is 0 Å². The molecule has 0 saturated heterocycles. The quantitative estimate of drug-likeness (QED) is 0.281. The van der Waals surface area contributed by atoms with Gasteiger partial charge in [0.1, 0.15) is 0 Å². The van der Waals surface area contributed by atoms with Crippen LogP contribution in [0.15, 0.2) is 60.7 Å². The number of hydrogen-bond acceptors (Lipinski definition) is 3. The normalized spacial score (nSPS) is 12.4. The largest absolute Gasteiger partial charge is 0.392 e. The predicted molar refractivity (Wildman–Crippen MR) is 133 cm³/mol. The summed E-state index contributed by atoms with van der Waals surface area (Å²) in [6.45, 7) is 6.66. The van der Waals surface area contributed by atoms with Crippen LogP contribution in [0, 0.1) is 0 Å². The Balaban J connectivity index is 1.68. The van der Waals surface area contributed by atoms with Crippen LogP contribution in [0.2, 0.25) is 0 Å². The minimum absolute atomic E-state index is 0.238. The van der Waals surface area contributed by atoms with Gasteiger partial charge in [-0.1, -0.05) is 119 Å².